The zero-order chi connectivity index (χ0) is 13.0. The number of methoxy groups -OCH3 is 2. The van der Waals surface area contributed by atoms with Gasteiger partial charge < -0.3 is 14.8 Å². The predicted octanol–water partition coefficient (Wildman–Crippen LogP) is 2.51. The summed E-state index contributed by atoms with van der Waals surface area (Å²) in [6.07, 6.45) is 0. The second-order valence-electron chi connectivity index (χ2n) is 3.98. The predicted molar refractivity (Wildman–Crippen MR) is 74.7 cm³/mol. The number of hydrogen-bond donors (Lipinski definition) is 2. The molecule has 0 saturated carbocycles. The van der Waals surface area contributed by atoms with Crippen molar-refractivity contribution in [1.29, 1.82) is 0 Å². The SMILES string of the molecule is CNC(CS)c1cc(OC)c(C)c(C)c1OC. The van der Waals surface area contributed by atoms with Crippen LogP contribution in [0.25, 0.3) is 0 Å². The zero-order valence-electron chi connectivity index (χ0n) is 11.1. The number of hydrogen-bond acceptors (Lipinski definition) is 4. The van der Waals surface area contributed by atoms with Crippen LogP contribution < -0.4 is 14.8 Å². The van der Waals surface area contributed by atoms with Gasteiger partial charge in [-0.2, -0.15) is 12.6 Å². The number of benzene rings is 1. The summed E-state index contributed by atoms with van der Waals surface area (Å²) in [5.41, 5.74) is 3.32. The third-order valence-corrected chi connectivity index (χ3v) is 3.52. The fourth-order valence-electron chi connectivity index (χ4n) is 1.97. The summed E-state index contributed by atoms with van der Waals surface area (Å²) in [5, 5.41) is 3.23. The number of ether oxygens (including phenoxy) is 2. The van der Waals surface area contributed by atoms with Crippen molar-refractivity contribution in [2.24, 2.45) is 0 Å². The van der Waals surface area contributed by atoms with Gasteiger partial charge in [0.1, 0.15) is 11.5 Å². The number of rotatable bonds is 5. The molecule has 0 fully saturated rings. The minimum atomic E-state index is 0.154. The summed E-state index contributed by atoms with van der Waals surface area (Å²) >= 11 is 4.36. The molecule has 0 saturated heterocycles. The van der Waals surface area contributed by atoms with Crippen LogP contribution in [0.3, 0.4) is 0 Å². The van der Waals surface area contributed by atoms with Gasteiger partial charge in [0.15, 0.2) is 0 Å². The van der Waals surface area contributed by atoms with Gasteiger partial charge in [-0.05, 0) is 38.1 Å². The van der Waals surface area contributed by atoms with Crippen molar-refractivity contribution in [2.75, 3.05) is 27.0 Å². The fourth-order valence-corrected chi connectivity index (χ4v) is 2.35. The molecule has 0 aliphatic carbocycles. The highest BCUT2D eigenvalue weighted by Gasteiger charge is 2.19. The van der Waals surface area contributed by atoms with Gasteiger partial charge in [0.05, 0.1) is 14.2 Å². The van der Waals surface area contributed by atoms with Gasteiger partial charge >= 0.3 is 0 Å². The van der Waals surface area contributed by atoms with Crippen LogP contribution in [0, 0.1) is 13.8 Å². The first-order valence-electron chi connectivity index (χ1n) is 5.60. The van der Waals surface area contributed by atoms with Crippen LogP contribution in [0.4, 0.5) is 0 Å². The minimum absolute atomic E-state index is 0.154. The van der Waals surface area contributed by atoms with Gasteiger partial charge in [0.25, 0.3) is 0 Å². The normalized spacial score (nSPS) is 12.4. The molecule has 0 aliphatic heterocycles. The van der Waals surface area contributed by atoms with E-state index in [9.17, 15) is 0 Å². The van der Waals surface area contributed by atoms with Gasteiger partial charge in [0, 0.05) is 17.4 Å². The van der Waals surface area contributed by atoms with Crippen molar-refractivity contribution < 1.29 is 9.47 Å². The lowest BCUT2D eigenvalue weighted by molar-refractivity contribution is 0.389. The Labute approximate surface area is 109 Å². The van der Waals surface area contributed by atoms with Crippen molar-refractivity contribution in [1.82, 2.24) is 5.32 Å². The van der Waals surface area contributed by atoms with E-state index in [2.05, 4.69) is 17.9 Å². The van der Waals surface area contributed by atoms with Gasteiger partial charge in [-0.1, -0.05) is 0 Å². The van der Waals surface area contributed by atoms with E-state index in [0.29, 0.717) is 5.75 Å². The van der Waals surface area contributed by atoms with Crippen molar-refractivity contribution in [3.63, 3.8) is 0 Å². The van der Waals surface area contributed by atoms with E-state index < -0.39 is 0 Å². The molecule has 0 spiro atoms. The maximum absolute atomic E-state index is 5.51. The Morgan fingerprint density at radius 1 is 1.24 bits per heavy atom. The van der Waals surface area contributed by atoms with Crippen LogP contribution in [-0.4, -0.2) is 27.0 Å². The first-order valence-corrected chi connectivity index (χ1v) is 6.24. The molecule has 0 heterocycles. The Bertz CT molecular complexity index is 389. The molecule has 0 aromatic heterocycles. The zero-order valence-corrected chi connectivity index (χ0v) is 12.0. The average Bonchev–Trinajstić information content (AvgIpc) is 2.35. The van der Waals surface area contributed by atoms with E-state index in [0.717, 1.165) is 28.2 Å². The molecular formula is C13H21NO2S. The lowest BCUT2D eigenvalue weighted by atomic mass is 9.98. The Kier molecular flexibility index (Phi) is 5.15. The summed E-state index contributed by atoms with van der Waals surface area (Å²) in [5.74, 6) is 2.51. The van der Waals surface area contributed by atoms with Crippen molar-refractivity contribution in [2.45, 2.75) is 19.9 Å². The molecule has 17 heavy (non-hydrogen) atoms. The topological polar surface area (TPSA) is 30.5 Å². The Hall–Kier alpha value is -0.870. The van der Waals surface area contributed by atoms with E-state index in [1.54, 1.807) is 14.2 Å². The molecule has 1 rings (SSSR count). The molecule has 4 heteroatoms. The van der Waals surface area contributed by atoms with Crippen LogP contribution in [0.1, 0.15) is 22.7 Å². The second kappa shape index (κ2) is 6.17. The average molecular weight is 255 g/mol. The molecule has 3 nitrogen and oxygen atoms in total. The first-order chi connectivity index (χ1) is 8.10. The molecule has 1 N–H and O–H groups in total. The molecule has 1 atom stereocenters. The van der Waals surface area contributed by atoms with E-state index >= 15 is 0 Å². The molecular weight excluding hydrogens is 234 g/mol. The third kappa shape index (κ3) is 2.69. The molecule has 96 valence electrons. The van der Waals surface area contributed by atoms with Crippen LogP contribution in [-0.2, 0) is 0 Å². The van der Waals surface area contributed by atoms with Gasteiger partial charge in [-0.3, -0.25) is 0 Å². The Morgan fingerprint density at radius 2 is 1.88 bits per heavy atom. The monoisotopic (exact) mass is 255 g/mol. The quantitative estimate of drug-likeness (QED) is 0.793. The maximum Gasteiger partial charge on any atom is 0.127 e. The van der Waals surface area contributed by atoms with Crippen LogP contribution in [0.5, 0.6) is 11.5 Å². The minimum Gasteiger partial charge on any atom is -0.496 e. The largest absolute Gasteiger partial charge is 0.496 e. The number of nitrogens with one attached hydrogen (secondary N) is 1. The van der Waals surface area contributed by atoms with Crippen molar-refractivity contribution >= 4 is 12.6 Å². The van der Waals surface area contributed by atoms with Crippen LogP contribution >= 0.6 is 12.6 Å². The van der Waals surface area contributed by atoms with Gasteiger partial charge in [-0.15, -0.1) is 0 Å². The van der Waals surface area contributed by atoms with Gasteiger partial charge in [-0.25, -0.2) is 0 Å². The molecule has 0 radical (unpaired) electrons. The highest BCUT2D eigenvalue weighted by Crippen LogP contribution is 2.36. The number of thiol groups is 1. The molecule has 0 aliphatic rings. The maximum atomic E-state index is 5.51. The summed E-state index contributed by atoms with van der Waals surface area (Å²) in [6, 6.07) is 2.18. The van der Waals surface area contributed by atoms with E-state index in [-0.39, 0.29) is 6.04 Å². The Morgan fingerprint density at radius 3 is 2.29 bits per heavy atom. The van der Waals surface area contributed by atoms with Gasteiger partial charge in [0.2, 0.25) is 0 Å². The summed E-state index contributed by atoms with van der Waals surface area (Å²) in [7, 11) is 5.30. The lowest BCUT2D eigenvalue weighted by Crippen LogP contribution is -2.19. The highest BCUT2D eigenvalue weighted by atomic mass is 32.1. The summed E-state index contributed by atoms with van der Waals surface area (Å²) in [6.45, 7) is 4.08. The van der Waals surface area contributed by atoms with Crippen LogP contribution in [0.2, 0.25) is 0 Å². The smallest absolute Gasteiger partial charge is 0.127 e. The van der Waals surface area contributed by atoms with Crippen molar-refractivity contribution in [3.05, 3.63) is 22.8 Å². The van der Waals surface area contributed by atoms with E-state index in [1.807, 2.05) is 27.0 Å². The molecule has 1 aromatic carbocycles. The lowest BCUT2D eigenvalue weighted by Gasteiger charge is -2.22. The molecule has 0 amide bonds. The Balaban J connectivity index is 3.41. The van der Waals surface area contributed by atoms with Crippen molar-refractivity contribution in [3.8, 4) is 11.5 Å². The van der Waals surface area contributed by atoms with Crippen LogP contribution in [0.15, 0.2) is 6.07 Å². The van der Waals surface area contributed by atoms with E-state index in [4.69, 9.17) is 9.47 Å². The van der Waals surface area contributed by atoms with E-state index in [1.165, 1.54) is 0 Å². The standard InChI is InChI=1S/C13H21NO2S/c1-8-9(2)13(16-5)10(6-12(8)15-4)11(7-17)14-3/h6,11,14,17H,7H2,1-5H3. The second-order valence-corrected chi connectivity index (χ2v) is 4.34. The summed E-state index contributed by atoms with van der Waals surface area (Å²) in [4.78, 5) is 0. The highest BCUT2D eigenvalue weighted by molar-refractivity contribution is 7.80. The molecule has 1 aromatic rings. The fraction of sp³-hybridized carbons (Fsp3) is 0.538. The third-order valence-electron chi connectivity index (χ3n) is 3.15. The first kappa shape index (κ1) is 14.2. The molecule has 1 unspecified atom stereocenters. The molecule has 0 bridgehead atoms. The summed E-state index contributed by atoms with van der Waals surface area (Å²) < 4.78 is 10.9.